The molecule has 114 valence electrons. The molecule has 0 aromatic heterocycles. The van der Waals surface area contributed by atoms with Crippen molar-refractivity contribution in [3.63, 3.8) is 0 Å². The van der Waals surface area contributed by atoms with Crippen LogP contribution in [0.25, 0.3) is 4.85 Å². The second-order valence-electron chi connectivity index (χ2n) is 4.87. The van der Waals surface area contributed by atoms with E-state index in [1.54, 1.807) is 32.0 Å². The molecule has 7 heteroatoms. The average molecular weight is 365 g/mol. The summed E-state index contributed by atoms with van der Waals surface area (Å²) < 4.78 is 5.83. The summed E-state index contributed by atoms with van der Waals surface area (Å²) in [7, 11) is 0. The molecule has 4 nitrogen and oxygen atoms in total. The second-order valence-corrected chi connectivity index (χ2v) is 6.03. The fourth-order valence-corrected chi connectivity index (χ4v) is 3.04. The third kappa shape index (κ3) is 2.54. The van der Waals surface area contributed by atoms with Gasteiger partial charge in [-0.25, -0.2) is 10.1 Å². The number of halogens is 3. The first-order valence-electron chi connectivity index (χ1n) is 6.28. The largest absolute Gasteiger partial charge is 0.487 e. The zero-order chi connectivity index (χ0) is 17.4. The Hall–Kier alpha value is -2.16. The molecule has 2 rings (SSSR count). The van der Waals surface area contributed by atoms with Gasteiger partial charge in [-0.15, -0.1) is 0 Å². The number of ether oxygens (including phenoxy) is 1. The number of allylic oxidation sites excluding steroid dienone is 2. The molecule has 0 radical (unpaired) electrons. The smallest absolute Gasteiger partial charge is 0.304 e. The Bertz CT molecular complexity index is 881. The van der Waals surface area contributed by atoms with Gasteiger partial charge in [0.05, 0.1) is 33.3 Å². The van der Waals surface area contributed by atoms with Gasteiger partial charge in [-0.1, -0.05) is 40.9 Å². The molecule has 1 unspecified atom stereocenters. The third-order valence-corrected chi connectivity index (χ3v) is 5.01. The van der Waals surface area contributed by atoms with Crippen molar-refractivity contribution in [1.29, 1.82) is 10.5 Å². The molecule has 0 bridgehead atoms. The molecule has 1 aromatic carbocycles. The lowest BCUT2D eigenvalue weighted by Gasteiger charge is -2.28. The summed E-state index contributed by atoms with van der Waals surface area (Å²) in [6.07, 6.45) is 0. The van der Waals surface area contributed by atoms with E-state index >= 15 is 0 Å². The highest BCUT2D eigenvalue weighted by atomic mass is 35.5. The Labute approximate surface area is 148 Å². The molecule has 1 aliphatic heterocycles. The molecule has 1 aliphatic rings. The predicted molar refractivity (Wildman–Crippen MR) is 87.5 cm³/mol. The van der Waals surface area contributed by atoms with E-state index in [1.807, 2.05) is 6.07 Å². The number of hydrogen-bond acceptors (Lipinski definition) is 3. The molecule has 0 aliphatic carbocycles. The minimum absolute atomic E-state index is 0.0489. The fourth-order valence-electron chi connectivity index (χ4n) is 2.32. The van der Waals surface area contributed by atoms with Gasteiger partial charge in [0.25, 0.3) is 0 Å². The van der Waals surface area contributed by atoms with Crippen molar-refractivity contribution >= 4 is 34.8 Å². The summed E-state index contributed by atoms with van der Waals surface area (Å²) in [5.41, 5.74) is -0.246. The normalized spacial score (nSPS) is 22.0. The summed E-state index contributed by atoms with van der Waals surface area (Å²) in [4.78, 5) is 3.11. The van der Waals surface area contributed by atoms with Crippen molar-refractivity contribution in [1.82, 2.24) is 0 Å². The van der Waals surface area contributed by atoms with Crippen LogP contribution in [0.15, 0.2) is 34.7 Å². The van der Waals surface area contributed by atoms with Gasteiger partial charge in [-0.3, -0.25) is 0 Å². The molecule has 1 aromatic rings. The van der Waals surface area contributed by atoms with E-state index in [4.69, 9.17) is 51.4 Å². The van der Waals surface area contributed by atoms with Crippen LogP contribution >= 0.6 is 34.8 Å². The van der Waals surface area contributed by atoms with Crippen LogP contribution in [0.4, 0.5) is 0 Å². The number of hydrogen-bond donors (Lipinski definition) is 0. The highest BCUT2D eigenvalue weighted by Crippen LogP contribution is 2.49. The Morgan fingerprint density at radius 1 is 1.26 bits per heavy atom. The van der Waals surface area contributed by atoms with Crippen LogP contribution in [0.5, 0.6) is 0 Å². The van der Waals surface area contributed by atoms with Crippen LogP contribution in [-0.2, 0) is 10.3 Å². The fraction of sp³-hybridized carbons (Fsp3) is 0.188. The lowest BCUT2D eigenvalue weighted by atomic mass is 9.88. The quantitative estimate of drug-likeness (QED) is 0.381. The number of benzene rings is 1. The molecule has 1 atom stereocenters. The summed E-state index contributed by atoms with van der Waals surface area (Å²) >= 11 is 18.3. The lowest BCUT2D eigenvalue weighted by molar-refractivity contribution is 0.0728. The van der Waals surface area contributed by atoms with E-state index in [2.05, 4.69) is 4.85 Å². The lowest BCUT2D eigenvalue weighted by Crippen LogP contribution is -2.23. The summed E-state index contributed by atoms with van der Waals surface area (Å²) in [6, 6.07) is 6.93. The van der Waals surface area contributed by atoms with Crippen molar-refractivity contribution in [2.45, 2.75) is 19.4 Å². The van der Waals surface area contributed by atoms with Crippen LogP contribution in [0, 0.1) is 29.2 Å². The van der Waals surface area contributed by atoms with E-state index in [-0.39, 0.29) is 27.1 Å². The zero-order valence-electron chi connectivity index (χ0n) is 12.0. The van der Waals surface area contributed by atoms with Crippen LogP contribution in [0.2, 0.25) is 15.1 Å². The second kappa shape index (κ2) is 6.15. The van der Waals surface area contributed by atoms with Gasteiger partial charge in [-0.05, 0) is 25.5 Å². The predicted octanol–water partition coefficient (Wildman–Crippen LogP) is 5.39. The maximum Gasteiger partial charge on any atom is 0.304 e. The SMILES string of the molecule is [C-]#[N+]/C(C#N)=C1\OC(C)(c2ccc(Cl)c(Cl)c2Cl)C(C)=C1C#N. The van der Waals surface area contributed by atoms with Gasteiger partial charge >= 0.3 is 5.70 Å². The number of nitriles is 2. The number of rotatable bonds is 1. The van der Waals surface area contributed by atoms with E-state index in [1.165, 1.54) is 0 Å². The monoisotopic (exact) mass is 363 g/mol. The molecule has 23 heavy (non-hydrogen) atoms. The van der Waals surface area contributed by atoms with E-state index in [9.17, 15) is 5.26 Å². The first-order chi connectivity index (χ1) is 10.8. The van der Waals surface area contributed by atoms with Gasteiger partial charge in [-0.2, -0.15) is 5.26 Å². The van der Waals surface area contributed by atoms with E-state index in [0.29, 0.717) is 16.2 Å². The molecule has 0 spiro atoms. The molecule has 0 fully saturated rings. The average Bonchev–Trinajstić information content (AvgIpc) is 2.78. The van der Waals surface area contributed by atoms with E-state index in [0.717, 1.165) is 0 Å². The standard InChI is InChI=1S/C16H8Cl3N3O/c1-8-9(6-20)15(12(7-21)22-3)23-16(8,2)10-4-5-11(17)14(19)13(10)18/h4-5H,1-2H3/b15-12-. The van der Waals surface area contributed by atoms with Crippen LogP contribution in [0.3, 0.4) is 0 Å². The maximum atomic E-state index is 9.38. The van der Waals surface area contributed by atoms with Crippen molar-refractivity contribution in [3.8, 4) is 12.1 Å². The molecule has 0 N–H and O–H groups in total. The van der Waals surface area contributed by atoms with Gasteiger partial charge in [0.15, 0.2) is 11.4 Å². The zero-order valence-corrected chi connectivity index (χ0v) is 14.3. The van der Waals surface area contributed by atoms with Crippen molar-refractivity contribution in [2.75, 3.05) is 0 Å². The summed E-state index contributed by atoms with van der Waals surface area (Å²) in [6.45, 7) is 10.4. The summed E-state index contributed by atoms with van der Waals surface area (Å²) in [5.74, 6) is -0.0489. The minimum atomic E-state index is -1.13. The number of nitrogens with zero attached hydrogens (tertiary/aromatic N) is 3. The highest BCUT2D eigenvalue weighted by Gasteiger charge is 2.44. The molecular formula is C16H8Cl3N3O. The molecule has 0 saturated heterocycles. The molecule has 1 heterocycles. The van der Waals surface area contributed by atoms with Crippen molar-refractivity contribution < 1.29 is 4.74 Å². The van der Waals surface area contributed by atoms with Gasteiger partial charge < -0.3 is 4.74 Å². The molecule has 0 saturated carbocycles. The van der Waals surface area contributed by atoms with Crippen LogP contribution < -0.4 is 0 Å². The Morgan fingerprint density at radius 2 is 1.91 bits per heavy atom. The third-order valence-electron chi connectivity index (χ3n) is 3.72. The van der Waals surface area contributed by atoms with Gasteiger partial charge in [0.2, 0.25) is 0 Å². The Balaban J connectivity index is 2.77. The van der Waals surface area contributed by atoms with Crippen LogP contribution in [-0.4, -0.2) is 0 Å². The van der Waals surface area contributed by atoms with Gasteiger partial charge in [0, 0.05) is 5.56 Å². The Morgan fingerprint density at radius 3 is 2.43 bits per heavy atom. The molecule has 0 amide bonds. The van der Waals surface area contributed by atoms with Crippen molar-refractivity contribution in [2.24, 2.45) is 0 Å². The first-order valence-corrected chi connectivity index (χ1v) is 7.41. The topological polar surface area (TPSA) is 61.2 Å². The molecular weight excluding hydrogens is 357 g/mol. The minimum Gasteiger partial charge on any atom is -0.487 e. The maximum absolute atomic E-state index is 9.38. The highest BCUT2D eigenvalue weighted by molar-refractivity contribution is 6.48. The summed E-state index contributed by atoms with van der Waals surface area (Å²) in [5, 5.41) is 19.1. The van der Waals surface area contributed by atoms with Crippen LogP contribution in [0.1, 0.15) is 19.4 Å². The van der Waals surface area contributed by atoms with E-state index < -0.39 is 5.60 Å². The van der Waals surface area contributed by atoms with Crippen molar-refractivity contribution in [3.05, 3.63) is 66.8 Å². The van der Waals surface area contributed by atoms with Gasteiger partial charge in [0.1, 0.15) is 6.07 Å². The Kier molecular flexibility index (Phi) is 4.60. The first kappa shape index (κ1) is 17.2.